The zero-order chi connectivity index (χ0) is 33.9. The van der Waals surface area contributed by atoms with Gasteiger partial charge in [0.05, 0.1) is 29.9 Å². The number of primary amides is 1. The lowest BCUT2D eigenvalue weighted by atomic mass is 10.1. The number of aryl methyl sites for hydroxylation is 2. The normalized spacial score (nSPS) is 14.0. The maximum atomic E-state index is 14.0. The molecule has 49 heavy (non-hydrogen) atoms. The van der Waals surface area contributed by atoms with Crippen LogP contribution in [-0.4, -0.2) is 38.6 Å². The van der Waals surface area contributed by atoms with Gasteiger partial charge in [0.1, 0.15) is 34.1 Å². The molecular formula is C37H32BrFN6O4. The molecule has 0 spiro atoms. The van der Waals surface area contributed by atoms with Gasteiger partial charge in [-0.05, 0) is 94.3 Å². The molecule has 3 aromatic carbocycles. The van der Waals surface area contributed by atoms with Crippen molar-refractivity contribution in [3.05, 3.63) is 129 Å². The van der Waals surface area contributed by atoms with Gasteiger partial charge in [-0.25, -0.2) is 19.3 Å². The second-order valence-corrected chi connectivity index (χ2v) is 12.4. The van der Waals surface area contributed by atoms with Crippen LogP contribution in [0.3, 0.4) is 0 Å². The third kappa shape index (κ3) is 6.89. The summed E-state index contributed by atoms with van der Waals surface area (Å²) in [5.74, 6) is -0.0969. The molecule has 4 heterocycles. The number of carbonyl (C=O) groups excluding carboxylic acids is 1. The van der Waals surface area contributed by atoms with E-state index in [0.717, 1.165) is 57.3 Å². The van der Waals surface area contributed by atoms with Gasteiger partial charge in [-0.15, -0.1) is 0 Å². The van der Waals surface area contributed by atoms with Crippen molar-refractivity contribution in [1.29, 1.82) is 0 Å². The number of rotatable bonds is 7. The lowest BCUT2D eigenvalue weighted by Crippen LogP contribution is -2.15. The number of nitrogens with two attached hydrogens (primary N) is 2. The molecule has 4 N–H and O–H groups in total. The van der Waals surface area contributed by atoms with E-state index in [9.17, 15) is 9.18 Å². The second kappa shape index (κ2) is 14.1. The van der Waals surface area contributed by atoms with E-state index in [4.69, 9.17) is 30.7 Å². The Morgan fingerprint density at radius 1 is 0.959 bits per heavy atom. The minimum Gasteiger partial charge on any atom is -0.488 e. The highest BCUT2D eigenvalue weighted by Crippen LogP contribution is 2.35. The van der Waals surface area contributed by atoms with Crippen molar-refractivity contribution in [2.75, 3.05) is 18.9 Å². The summed E-state index contributed by atoms with van der Waals surface area (Å²) < 4.78 is 33.4. The first kappa shape index (κ1) is 32.4. The molecule has 2 aliphatic rings. The Morgan fingerprint density at radius 3 is 2.53 bits per heavy atom. The topological polar surface area (TPSA) is 140 Å². The van der Waals surface area contributed by atoms with Crippen molar-refractivity contribution in [3.8, 4) is 22.8 Å². The molecular weight excluding hydrogens is 691 g/mol. The molecule has 3 aromatic heterocycles. The van der Waals surface area contributed by atoms with Gasteiger partial charge in [0.15, 0.2) is 17.8 Å². The lowest BCUT2D eigenvalue weighted by molar-refractivity contribution is -0.0459. The fraction of sp³-hybridized carbons (Fsp3) is 0.189. The zero-order valence-electron chi connectivity index (χ0n) is 26.3. The predicted octanol–water partition coefficient (Wildman–Crippen LogP) is 6.86. The van der Waals surface area contributed by atoms with Gasteiger partial charge < -0.3 is 25.7 Å². The van der Waals surface area contributed by atoms with Crippen LogP contribution >= 0.6 is 15.9 Å². The van der Waals surface area contributed by atoms with E-state index < -0.39 is 18.0 Å². The second-order valence-electron chi connectivity index (χ2n) is 11.6. The summed E-state index contributed by atoms with van der Waals surface area (Å²) in [4.78, 5) is 25.1. The monoisotopic (exact) mass is 722 g/mol. The Bertz CT molecular complexity index is 2150. The van der Waals surface area contributed by atoms with Crippen LogP contribution in [0.2, 0.25) is 0 Å². The number of imidazole rings is 1. The van der Waals surface area contributed by atoms with Gasteiger partial charge >= 0.3 is 0 Å². The van der Waals surface area contributed by atoms with Gasteiger partial charge in [0, 0.05) is 18.0 Å². The van der Waals surface area contributed by atoms with Crippen molar-refractivity contribution in [2.45, 2.75) is 32.2 Å². The summed E-state index contributed by atoms with van der Waals surface area (Å²) in [5, 5.41) is 0. The van der Waals surface area contributed by atoms with Crippen LogP contribution in [0.15, 0.2) is 95.7 Å². The quantitative estimate of drug-likeness (QED) is 0.170. The summed E-state index contributed by atoms with van der Waals surface area (Å²) >= 11 is 3.48. The molecule has 10 nitrogen and oxygen atoms in total. The smallest absolute Gasteiger partial charge is 0.251 e. The van der Waals surface area contributed by atoms with Gasteiger partial charge in [0.25, 0.3) is 5.91 Å². The molecule has 0 atom stereocenters. The maximum Gasteiger partial charge on any atom is 0.251 e. The predicted molar refractivity (Wildman–Crippen MR) is 187 cm³/mol. The van der Waals surface area contributed by atoms with Crippen LogP contribution in [0.25, 0.3) is 28.2 Å². The van der Waals surface area contributed by atoms with Crippen LogP contribution in [0.1, 0.15) is 45.3 Å². The number of carbonyl (C=O) groups is 1. The van der Waals surface area contributed by atoms with E-state index in [2.05, 4.69) is 48.7 Å². The molecule has 1 amide bonds. The molecule has 1 fully saturated rings. The van der Waals surface area contributed by atoms with Gasteiger partial charge in [-0.2, -0.15) is 0 Å². The van der Waals surface area contributed by atoms with Crippen LogP contribution in [-0.2, 0) is 28.9 Å². The Balaban J connectivity index is 0.000000156. The SMILES string of the molecule is NC(=O)c1cc(C2OCCO2)c(OCc2ccccc2)cc1F.Nc1ncccc1-c1nc2ccc(Br)nc2n1-c1ccc2c(c1)CCC2. The van der Waals surface area contributed by atoms with Gasteiger partial charge in [-0.3, -0.25) is 9.36 Å². The van der Waals surface area contributed by atoms with Crippen LogP contribution in [0.4, 0.5) is 10.2 Å². The van der Waals surface area contributed by atoms with E-state index in [-0.39, 0.29) is 17.9 Å². The van der Waals surface area contributed by atoms with Crippen LogP contribution in [0.5, 0.6) is 5.75 Å². The molecule has 248 valence electrons. The van der Waals surface area contributed by atoms with E-state index in [1.807, 2.05) is 54.6 Å². The number of anilines is 1. The third-order valence-corrected chi connectivity index (χ3v) is 8.81. The van der Waals surface area contributed by atoms with Crippen molar-refractivity contribution in [1.82, 2.24) is 19.5 Å². The molecule has 0 saturated carbocycles. The summed E-state index contributed by atoms with van der Waals surface area (Å²) in [5.41, 5.74) is 18.8. The van der Waals surface area contributed by atoms with Gasteiger partial charge in [0.2, 0.25) is 0 Å². The molecule has 0 bridgehead atoms. The van der Waals surface area contributed by atoms with Crippen molar-refractivity contribution in [2.24, 2.45) is 5.73 Å². The minimum absolute atomic E-state index is 0.217. The molecule has 1 aliphatic carbocycles. The molecule has 1 aliphatic heterocycles. The highest BCUT2D eigenvalue weighted by Gasteiger charge is 2.26. The number of fused-ring (bicyclic) bond motifs is 2. The Labute approximate surface area is 290 Å². The highest BCUT2D eigenvalue weighted by atomic mass is 79.9. The number of nitrogens with zero attached hydrogens (tertiary/aromatic N) is 4. The van der Waals surface area contributed by atoms with Crippen LogP contribution in [0, 0.1) is 5.82 Å². The number of amides is 1. The minimum atomic E-state index is -0.851. The maximum absolute atomic E-state index is 14.0. The molecule has 0 unspecified atom stereocenters. The number of nitrogen functional groups attached to an aromatic ring is 1. The van der Waals surface area contributed by atoms with Crippen molar-refractivity contribution < 1.29 is 23.4 Å². The number of hydrogen-bond donors (Lipinski definition) is 2. The number of aromatic nitrogens is 4. The number of hydrogen-bond acceptors (Lipinski definition) is 8. The molecule has 8 rings (SSSR count). The number of pyridine rings is 2. The van der Waals surface area contributed by atoms with Crippen molar-refractivity contribution >= 4 is 38.8 Å². The average Bonchev–Trinajstić information content (AvgIpc) is 3.88. The van der Waals surface area contributed by atoms with Crippen molar-refractivity contribution in [3.63, 3.8) is 0 Å². The van der Waals surface area contributed by atoms with E-state index in [1.54, 1.807) is 6.20 Å². The molecule has 1 saturated heterocycles. The van der Waals surface area contributed by atoms with Crippen LogP contribution < -0.4 is 16.2 Å². The van der Waals surface area contributed by atoms with E-state index >= 15 is 0 Å². The molecule has 12 heteroatoms. The number of benzene rings is 3. The standard InChI is InChI=1S/C20H16BrN5.C17H16FNO4/c21-17-9-8-16-20(25-17)26(14-7-6-12-3-1-4-13(12)11-14)19(24-16)15-5-2-10-23-18(15)22;18-14-9-15(23-10-11-4-2-1-3-5-11)13(8-12(14)16(19)20)17-21-6-7-22-17/h2,5-11H,1,3-4H2,(H2,22,23);1-5,8-9,17H,6-7,10H2,(H2,19,20). The largest absolute Gasteiger partial charge is 0.488 e. The lowest BCUT2D eigenvalue weighted by Gasteiger charge is -2.17. The highest BCUT2D eigenvalue weighted by molar-refractivity contribution is 9.10. The first-order valence-corrected chi connectivity index (χ1v) is 16.6. The third-order valence-electron chi connectivity index (χ3n) is 8.37. The average molecular weight is 724 g/mol. The molecule has 0 radical (unpaired) electrons. The first-order valence-electron chi connectivity index (χ1n) is 15.8. The van der Waals surface area contributed by atoms with Gasteiger partial charge in [-0.1, -0.05) is 36.4 Å². The van der Waals surface area contributed by atoms with E-state index in [0.29, 0.717) is 24.6 Å². The zero-order valence-corrected chi connectivity index (χ0v) is 27.9. The Kier molecular flexibility index (Phi) is 9.34. The first-order chi connectivity index (χ1) is 23.9. The summed E-state index contributed by atoms with van der Waals surface area (Å²) in [6, 6.07) is 26.2. The fourth-order valence-electron chi connectivity index (χ4n) is 6.01. The number of halogens is 2. The summed E-state index contributed by atoms with van der Waals surface area (Å²) in [6.07, 6.45) is 4.50. The Morgan fingerprint density at radius 2 is 1.76 bits per heavy atom. The summed E-state index contributed by atoms with van der Waals surface area (Å²) in [7, 11) is 0. The fourth-order valence-corrected chi connectivity index (χ4v) is 6.31. The number of ether oxygens (including phenoxy) is 3. The molecule has 6 aromatic rings. The van der Waals surface area contributed by atoms with E-state index in [1.165, 1.54) is 23.6 Å². The Hall–Kier alpha value is -5.17. The summed E-state index contributed by atoms with van der Waals surface area (Å²) in [6.45, 7) is 1.11.